The minimum atomic E-state index is -2.85. The van der Waals surface area contributed by atoms with Crippen LogP contribution < -0.4 is 10.3 Å². The van der Waals surface area contributed by atoms with Crippen LogP contribution in [0.3, 0.4) is 0 Å². The van der Waals surface area contributed by atoms with E-state index >= 15 is 0 Å². The molecule has 6 heteroatoms. The van der Waals surface area contributed by atoms with Crippen molar-refractivity contribution in [2.75, 3.05) is 0 Å². The molecule has 0 N–H and O–H groups in total. The molecule has 1 aromatic heterocycles. The van der Waals surface area contributed by atoms with Crippen molar-refractivity contribution in [3.05, 3.63) is 69.1 Å². The summed E-state index contributed by atoms with van der Waals surface area (Å²) < 4.78 is 30.3. The number of nitrogens with zero attached hydrogens (tertiary/aromatic N) is 2. The van der Waals surface area contributed by atoms with Crippen LogP contribution in [-0.4, -0.2) is 16.2 Å². The third-order valence-electron chi connectivity index (χ3n) is 4.28. The van der Waals surface area contributed by atoms with Gasteiger partial charge in [-0.1, -0.05) is 12.1 Å². The lowest BCUT2D eigenvalue weighted by Crippen LogP contribution is -2.23. The van der Waals surface area contributed by atoms with Crippen molar-refractivity contribution in [1.82, 2.24) is 9.55 Å². The zero-order valence-corrected chi connectivity index (χ0v) is 14.2. The van der Waals surface area contributed by atoms with Gasteiger partial charge < -0.3 is 9.30 Å². The van der Waals surface area contributed by atoms with E-state index in [1.165, 1.54) is 12.1 Å². The lowest BCUT2D eigenvalue weighted by molar-refractivity contribution is -0.0498. The average molecular weight is 344 g/mol. The maximum absolute atomic E-state index is 12.6. The Hall–Kier alpha value is -2.76. The summed E-state index contributed by atoms with van der Waals surface area (Å²) in [5.41, 5.74) is 4.82. The molecule has 0 saturated heterocycles. The smallest absolute Gasteiger partial charge is 0.387 e. The number of benzene rings is 2. The summed E-state index contributed by atoms with van der Waals surface area (Å²) in [4.78, 5) is 17.1. The molecule has 0 bridgehead atoms. The highest BCUT2D eigenvalue weighted by Crippen LogP contribution is 2.19. The second-order valence-electron chi connectivity index (χ2n) is 6.05. The van der Waals surface area contributed by atoms with Crippen LogP contribution in [0.1, 0.15) is 22.4 Å². The zero-order valence-electron chi connectivity index (χ0n) is 14.2. The Balaban J connectivity index is 1.97. The molecule has 0 fully saturated rings. The molecule has 3 aromatic rings. The van der Waals surface area contributed by atoms with Crippen molar-refractivity contribution in [3.8, 4) is 5.75 Å². The number of aromatic nitrogens is 2. The van der Waals surface area contributed by atoms with Crippen LogP contribution in [0.5, 0.6) is 5.75 Å². The van der Waals surface area contributed by atoms with Crippen molar-refractivity contribution in [1.29, 1.82) is 0 Å². The number of ether oxygens (including phenoxy) is 1. The molecular weight excluding hydrogens is 326 g/mol. The molecule has 0 radical (unpaired) electrons. The number of rotatable bonds is 4. The third kappa shape index (κ3) is 3.52. The Morgan fingerprint density at radius 1 is 1.12 bits per heavy atom. The maximum Gasteiger partial charge on any atom is 0.387 e. The van der Waals surface area contributed by atoms with E-state index in [9.17, 15) is 13.6 Å². The highest BCUT2D eigenvalue weighted by molar-refractivity contribution is 5.76. The van der Waals surface area contributed by atoms with E-state index in [-0.39, 0.29) is 11.3 Å². The second kappa shape index (κ2) is 6.63. The highest BCUT2D eigenvalue weighted by atomic mass is 19.3. The summed E-state index contributed by atoms with van der Waals surface area (Å²) in [6, 6.07) is 10.2. The topological polar surface area (TPSA) is 44.1 Å². The molecule has 3 rings (SSSR count). The van der Waals surface area contributed by atoms with Crippen LogP contribution in [0.4, 0.5) is 8.78 Å². The van der Waals surface area contributed by atoms with E-state index in [1.807, 2.05) is 26.0 Å². The maximum atomic E-state index is 12.6. The predicted molar refractivity (Wildman–Crippen MR) is 92.3 cm³/mol. The van der Waals surface area contributed by atoms with Crippen LogP contribution in [0.15, 0.2) is 41.2 Å². The van der Waals surface area contributed by atoms with Crippen LogP contribution >= 0.6 is 0 Å². The Labute approximate surface area is 143 Å². The van der Waals surface area contributed by atoms with Crippen molar-refractivity contribution in [2.24, 2.45) is 7.05 Å². The summed E-state index contributed by atoms with van der Waals surface area (Å²) in [6.07, 6.45) is 0.324. The van der Waals surface area contributed by atoms with Gasteiger partial charge in [-0.05, 0) is 54.8 Å². The second-order valence-corrected chi connectivity index (χ2v) is 6.05. The van der Waals surface area contributed by atoms with Gasteiger partial charge in [0, 0.05) is 13.5 Å². The average Bonchev–Trinajstić information content (AvgIpc) is 2.56. The Kier molecular flexibility index (Phi) is 4.53. The molecule has 0 amide bonds. The van der Waals surface area contributed by atoms with Gasteiger partial charge in [0.2, 0.25) is 0 Å². The van der Waals surface area contributed by atoms with E-state index in [1.54, 1.807) is 23.7 Å². The van der Waals surface area contributed by atoms with Crippen LogP contribution in [0, 0.1) is 13.8 Å². The number of aryl methyl sites for hydroxylation is 3. The number of hydrogen-bond donors (Lipinski definition) is 0. The van der Waals surface area contributed by atoms with Crippen LogP contribution in [0.25, 0.3) is 11.0 Å². The summed E-state index contributed by atoms with van der Waals surface area (Å²) in [7, 11) is 1.73. The number of fused-ring (bicyclic) bond motifs is 1. The molecule has 0 spiro atoms. The van der Waals surface area contributed by atoms with Crippen molar-refractivity contribution in [2.45, 2.75) is 26.9 Å². The van der Waals surface area contributed by atoms with Gasteiger partial charge in [-0.3, -0.25) is 4.79 Å². The Bertz CT molecular complexity index is 979. The van der Waals surface area contributed by atoms with Crippen molar-refractivity contribution < 1.29 is 13.5 Å². The van der Waals surface area contributed by atoms with Crippen molar-refractivity contribution >= 4 is 11.0 Å². The molecule has 0 aliphatic carbocycles. The molecule has 4 nitrogen and oxygen atoms in total. The van der Waals surface area contributed by atoms with Gasteiger partial charge in [-0.2, -0.15) is 8.78 Å². The van der Waals surface area contributed by atoms with E-state index in [0.717, 1.165) is 27.7 Å². The monoisotopic (exact) mass is 344 g/mol. The molecular formula is C19H18F2N2O2. The number of alkyl halides is 2. The molecule has 0 atom stereocenters. The molecule has 1 heterocycles. The highest BCUT2D eigenvalue weighted by Gasteiger charge is 2.11. The molecule has 25 heavy (non-hydrogen) atoms. The number of hydrogen-bond acceptors (Lipinski definition) is 3. The fourth-order valence-corrected chi connectivity index (χ4v) is 2.74. The van der Waals surface area contributed by atoms with E-state index in [0.29, 0.717) is 12.1 Å². The Morgan fingerprint density at radius 3 is 2.40 bits per heavy atom. The largest absolute Gasteiger partial charge is 0.435 e. The van der Waals surface area contributed by atoms with Gasteiger partial charge in [-0.15, -0.1) is 0 Å². The molecule has 0 aliphatic rings. The quantitative estimate of drug-likeness (QED) is 0.724. The first-order valence-electron chi connectivity index (χ1n) is 7.86. The number of halogens is 2. The lowest BCUT2D eigenvalue weighted by atomic mass is 10.1. The zero-order chi connectivity index (χ0) is 18.1. The summed E-state index contributed by atoms with van der Waals surface area (Å²) in [6.45, 7) is 1.14. The van der Waals surface area contributed by atoms with Crippen LogP contribution in [0.2, 0.25) is 0 Å². The molecule has 0 saturated carbocycles. The van der Waals surface area contributed by atoms with Gasteiger partial charge in [0.05, 0.1) is 11.0 Å². The predicted octanol–water partition coefficient (Wildman–Crippen LogP) is 3.74. The molecule has 0 aliphatic heterocycles. The van der Waals surface area contributed by atoms with Crippen molar-refractivity contribution in [3.63, 3.8) is 0 Å². The summed E-state index contributed by atoms with van der Waals surface area (Å²) in [5, 5.41) is 0. The molecule has 2 aromatic carbocycles. The summed E-state index contributed by atoms with van der Waals surface area (Å²) in [5.74, 6) is 0.0872. The van der Waals surface area contributed by atoms with Gasteiger partial charge in [0.25, 0.3) is 5.56 Å². The molecule has 0 unspecified atom stereocenters. The lowest BCUT2D eigenvalue weighted by Gasteiger charge is -2.11. The third-order valence-corrected chi connectivity index (χ3v) is 4.28. The molecule has 130 valence electrons. The fraction of sp³-hybridized carbons (Fsp3) is 0.263. The first-order chi connectivity index (χ1) is 11.8. The Morgan fingerprint density at radius 2 is 1.76 bits per heavy atom. The minimum Gasteiger partial charge on any atom is -0.435 e. The van der Waals surface area contributed by atoms with E-state index in [2.05, 4.69) is 9.72 Å². The van der Waals surface area contributed by atoms with Crippen LogP contribution in [-0.2, 0) is 13.5 Å². The first kappa shape index (κ1) is 17.1. The van der Waals surface area contributed by atoms with Gasteiger partial charge in [-0.25, -0.2) is 4.98 Å². The van der Waals surface area contributed by atoms with Gasteiger partial charge in [0.1, 0.15) is 11.4 Å². The first-order valence-corrected chi connectivity index (χ1v) is 7.86. The van der Waals surface area contributed by atoms with E-state index < -0.39 is 6.61 Å². The normalized spacial score (nSPS) is 11.3. The fourth-order valence-electron chi connectivity index (χ4n) is 2.74. The van der Waals surface area contributed by atoms with E-state index in [4.69, 9.17) is 0 Å². The SMILES string of the molecule is Cc1cc2nc(Cc3ccc(OC(F)F)cc3)c(=O)n(C)c2cc1C. The van der Waals surface area contributed by atoms with Gasteiger partial charge >= 0.3 is 6.61 Å². The standard InChI is InChI=1S/C19H18F2N2O2/c1-11-8-15-17(9-12(11)2)23(3)18(24)16(22-15)10-13-4-6-14(7-5-13)25-19(20)21/h4-9,19H,10H2,1-3H3. The minimum absolute atomic E-state index is 0.0872. The van der Waals surface area contributed by atoms with Gasteiger partial charge in [0.15, 0.2) is 0 Å². The summed E-state index contributed by atoms with van der Waals surface area (Å²) >= 11 is 0.